The zero-order valence-electron chi connectivity index (χ0n) is 30.7. The lowest BCUT2D eigenvalue weighted by Crippen LogP contribution is -2.15. The maximum absolute atomic E-state index is 6.79. The molecule has 7 aromatic rings. The Bertz CT molecular complexity index is 2320. The molecule has 0 fully saturated rings. The molecular weight excluding hydrogens is 613 g/mol. The quantitative estimate of drug-likeness (QED) is 0.147. The van der Waals surface area contributed by atoms with Gasteiger partial charge < -0.3 is 4.74 Å². The molecule has 0 N–H and O–H groups in total. The molecule has 254 valence electrons. The fourth-order valence-electron chi connectivity index (χ4n) is 7.06. The minimum atomic E-state index is 0.0822. The van der Waals surface area contributed by atoms with Crippen LogP contribution in [0.1, 0.15) is 75.5 Å². The Morgan fingerprint density at radius 3 is 2.32 bits per heavy atom. The molecule has 3 aromatic heterocycles. The van der Waals surface area contributed by atoms with Gasteiger partial charge in [-0.25, -0.2) is 9.67 Å². The first kappa shape index (κ1) is 33.3. The van der Waals surface area contributed by atoms with Gasteiger partial charge in [0.05, 0.1) is 22.4 Å². The maximum Gasteiger partial charge on any atom is 0.137 e. The molecule has 4 aromatic carbocycles. The first-order chi connectivity index (χ1) is 24.0. The molecule has 5 heteroatoms. The number of fused-ring (bicyclic) bond motifs is 3. The fraction of sp³-hybridized carbons (Fsp3) is 0.289. The Balaban J connectivity index is 1.35. The molecule has 0 atom stereocenters. The van der Waals surface area contributed by atoms with Crippen LogP contribution in [-0.4, -0.2) is 19.3 Å². The molecule has 3 heterocycles. The molecule has 0 bridgehead atoms. The van der Waals surface area contributed by atoms with E-state index in [-0.39, 0.29) is 5.41 Å². The Kier molecular flexibility index (Phi) is 8.86. The number of rotatable bonds is 10. The monoisotopic (exact) mass is 660 g/mol. The van der Waals surface area contributed by atoms with Crippen LogP contribution < -0.4 is 4.74 Å². The zero-order valence-corrected chi connectivity index (χ0v) is 30.7. The van der Waals surface area contributed by atoms with Crippen LogP contribution in [0.5, 0.6) is 11.5 Å². The van der Waals surface area contributed by atoms with E-state index in [1.54, 1.807) is 0 Å². The van der Waals surface area contributed by atoms with Gasteiger partial charge >= 0.3 is 0 Å². The minimum Gasteiger partial charge on any atom is -0.457 e. The van der Waals surface area contributed by atoms with E-state index in [9.17, 15) is 0 Å². The van der Waals surface area contributed by atoms with Crippen molar-refractivity contribution in [2.75, 3.05) is 0 Å². The van der Waals surface area contributed by atoms with Gasteiger partial charge in [-0.3, -0.25) is 4.57 Å². The molecule has 0 aliphatic rings. The van der Waals surface area contributed by atoms with Crippen molar-refractivity contribution in [2.24, 2.45) is 5.92 Å². The average Bonchev–Trinajstić information content (AvgIpc) is 3.59. The molecule has 0 aliphatic heterocycles. The number of aryl methyl sites for hydroxylation is 3. The highest BCUT2D eigenvalue weighted by Crippen LogP contribution is 2.39. The smallest absolute Gasteiger partial charge is 0.137 e. The van der Waals surface area contributed by atoms with E-state index in [2.05, 4.69) is 156 Å². The van der Waals surface area contributed by atoms with Crippen molar-refractivity contribution < 1.29 is 4.74 Å². The number of hydrogen-bond acceptors (Lipinski definition) is 3. The maximum atomic E-state index is 6.79. The third-order valence-corrected chi connectivity index (χ3v) is 10.3. The van der Waals surface area contributed by atoms with Gasteiger partial charge in [0.2, 0.25) is 0 Å². The SMILES string of the molecule is CCC(C)(C)c1ccc2c(c1)c1ccc(Oc3cc(CCC(C)C)cc(-n4nc(C)c(-c5ccccc5)c4C)c3)cc1n2-c1cc(C)ccn1. The fourth-order valence-corrected chi connectivity index (χ4v) is 7.06. The molecule has 5 nitrogen and oxygen atoms in total. The van der Waals surface area contributed by atoms with Gasteiger partial charge in [-0.05, 0) is 122 Å². The van der Waals surface area contributed by atoms with Crippen LogP contribution in [0, 0.1) is 26.7 Å². The average molecular weight is 661 g/mol. The van der Waals surface area contributed by atoms with Gasteiger partial charge in [0.1, 0.15) is 17.3 Å². The summed E-state index contributed by atoms with van der Waals surface area (Å²) in [6.07, 6.45) is 5.03. The number of hydrogen-bond donors (Lipinski definition) is 0. The van der Waals surface area contributed by atoms with Crippen LogP contribution in [0.2, 0.25) is 0 Å². The highest BCUT2D eigenvalue weighted by Gasteiger charge is 2.22. The number of aromatic nitrogens is 4. The van der Waals surface area contributed by atoms with Crippen LogP contribution >= 0.6 is 0 Å². The summed E-state index contributed by atoms with van der Waals surface area (Å²) in [6, 6.07) is 34.7. The third kappa shape index (κ3) is 6.33. The normalized spacial score (nSPS) is 12.0. The zero-order chi connectivity index (χ0) is 35.2. The van der Waals surface area contributed by atoms with Crippen molar-refractivity contribution in [3.8, 4) is 34.1 Å². The first-order valence-corrected chi connectivity index (χ1v) is 18.0. The largest absolute Gasteiger partial charge is 0.457 e. The van der Waals surface area contributed by atoms with Crippen molar-refractivity contribution in [2.45, 2.75) is 80.1 Å². The van der Waals surface area contributed by atoms with Crippen LogP contribution in [0.4, 0.5) is 0 Å². The van der Waals surface area contributed by atoms with E-state index < -0.39 is 0 Å². The summed E-state index contributed by atoms with van der Waals surface area (Å²) in [4.78, 5) is 4.83. The van der Waals surface area contributed by atoms with E-state index in [1.807, 2.05) is 12.3 Å². The lowest BCUT2D eigenvalue weighted by atomic mass is 9.82. The lowest BCUT2D eigenvalue weighted by molar-refractivity contribution is 0.481. The second-order valence-electron chi connectivity index (χ2n) is 14.9. The highest BCUT2D eigenvalue weighted by atomic mass is 16.5. The Labute approximate surface area is 296 Å². The summed E-state index contributed by atoms with van der Waals surface area (Å²) in [5.74, 6) is 3.09. The van der Waals surface area contributed by atoms with Gasteiger partial charge in [-0.15, -0.1) is 0 Å². The van der Waals surface area contributed by atoms with E-state index in [4.69, 9.17) is 14.8 Å². The molecule has 0 spiro atoms. The van der Waals surface area contributed by atoms with Crippen LogP contribution in [0.25, 0.3) is 44.4 Å². The number of nitrogens with zero attached hydrogens (tertiary/aromatic N) is 4. The topological polar surface area (TPSA) is 44.9 Å². The number of ether oxygens (including phenoxy) is 1. The second kappa shape index (κ2) is 13.3. The van der Waals surface area contributed by atoms with E-state index in [0.29, 0.717) is 5.92 Å². The summed E-state index contributed by atoms with van der Waals surface area (Å²) in [5, 5.41) is 7.45. The van der Waals surface area contributed by atoms with Gasteiger partial charge in [-0.1, -0.05) is 71.0 Å². The second-order valence-corrected chi connectivity index (χ2v) is 14.9. The Hall–Kier alpha value is -5.16. The Morgan fingerprint density at radius 1 is 0.780 bits per heavy atom. The molecule has 0 amide bonds. The van der Waals surface area contributed by atoms with Crippen molar-refractivity contribution in [3.63, 3.8) is 0 Å². The van der Waals surface area contributed by atoms with E-state index >= 15 is 0 Å². The van der Waals surface area contributed by atoms with Crippen LogP contribution in [0.15, 0.2) is 103 Å². The summed E-state index contributed by atoms with van der Waals surface area (Å²) < 4.78 is 11.1. The van der Waals surface area contributed by atoms with Gasteiger partial charge in [0.25, 0.3) is 0 Å². The Morgan fingerprint density at radius 2 is 1.58 bits per heavy atom. The molecular formula is C45H48N4O. The summed E-state index contributed by atoms with van der Waals surface area (Å²) >= 11 is 0. The number of benzene rings is 4. The minimum absolute atomic E-state index is 0.0822. The van der Waals surface area contributed by atoms with Crippen molar-refractivity contribution in [1.29, 1.82) is 0 Å². The molecule has 0 aliphatic carbocycles. The number of pyridine rings is 1. The van der Waals surface area contributed by atoms with Crippen molar-refractivity contribution >= 4 is 21.8 Å². The van der Waals surface area contributed by atoms with Crippen molar-refractivity contribution in [1.82, 2.24) is 19.3 Å². The molecule has 0 radical (unpaired) electrons. The predicted octanol–water partition coefficient (Wildman–Crippen LogP) is 12.0. The highest BCUT2D eigenvalue weighted by molar-refractivity contribution is 6.09. The van der Waals surface area contributed by atoms with Gasteiger partial charge in [0, 0.05) is 40.4 Å². The van der Waals surface area contributed by atoms with Crippen molar-refractivity contribution in [3.05, 3.63) is 131 Å². The molecule has 0 unspecified atom stereocenters. The standard InChI is InChI=1S/C45H48N4O/c1-9-45(7,8)35-17-20-41-40(26-35)39-19-18-37(28-42(39)48(41)43-23-30(4)21-22-46-43)50-38-25-33(16-15-29(2)3)24-36(27-38)49-32(6)44(31(5)47-49)34-13-11-10-12-14-34/h10-14,17-29H,9,15-16H2,1-8H3. The van der Waals surface area contributed by atoms with Gasteiger partial charge in [0.15, 0.2) is 0 Å². The molecule has 7 rings (SSSR count). The third-order valence-electron chi connectivity index (χ3n) is 10.3. The predicted molar refractivity (Wildman–Crippen MR) is 208 cm³/mol. The van der Waals surface area contributed by atoms with Gasteiger partial charge in [-0.2, -0.15) is 5.10 Å². The summed E-state index contributed by atoms with van der Waals surface area (Å²) in [6.45, 7) is 17.8. The first-order valence-electron chi connectivity index (χ1n) is 18.0. The summed E-state index contributed by atoms with van der Waals surface area (Å²) in [5.41, 5.74) is 11.5. The lowest BCUT2D eigenvalue weighted by Gasteiger charge is -2.23. The molecule has 50 heavy (non-hydrogen) atoms. The molecule has 0 saturated carbocycles. The van der Waals surface area contributed by atoms with E-state index in [1.165, 1.54) is 38.6 Å². The van der Waals surface area contributed by atoms with Crippen LogP contribution in [-0.2, 0) is 11.8 Å². The summed E-state index contributed by atoms with van der Waals surface area (Å²) in [7, 11) is 0. The van der Waals surface area contributed by atoms with E-state index in [0.717, 1.165) is 64.7 Å². The van der Waals surface area contributed by atoms with Crippen LogP contribution in [0.3, 0.4) is 0 Å². The molecule has 0 saturated heterocycles.